The van der Waals surface area contributed by atoms with Crippen LogP contribution in [0.2, 0.25) is 0 Å². The summed E-state index contributed by atoms with van der Waals surface area (Å²) in [5.41, 5.74) is 1.88. The Labute approximate surface area is 128 Å². The molecule has 1 aliphatic heterocycles. The predicted octanol–water partition coefficient (Wildman–Crippen LogP) is 2.73. The van der Waals surface area contributed by atoms with Crippen LogP contribution in [0.15, 0.2) is 42.6 Å². The van der Waals surface area contributed by atoms with Gasteiger partial charge in [0.25, 0.3) is 5.91 Å². The van der Waals surface area contributed by atoms with Crippen LogP contribution in [0.5, 0.6) is 0 Å². The molecule has 0 spiro atoms. The third kappa shape index (κ3) is 2.88. The van der Waals surface area contributed by atoms with Gasteiger partial charge >= 0.3 is 5.97 Å². The third-order valence-corrected chi connectivity index (χ3v) is 4.14. The minimum absolute atomic E-state index is 0.00379. The van der Waals surface area contributed by atoms with Gasteiger partial charge in [0.05, 0.1) is 5.56 Å². The van der Waals surface area contributed by atoms with E-state index in [2.05, 4.69) is 4.98 Å². The average Bonchev–Trinajstić information content (AvgIpc) is 3.09. The molecule has 0 unspecified atom stereocenters. The van der Waals surface area contributed by atoms with Crippen molar-refractivity contribution in [2.24, 2.45) is 0 Å². The van der Waals surface area contributed by atoms with E-state index < -0.39 is 5.97 Å². The van der Waals surface area contributed by atoms with Crippen LogP contribution in [0.25, 0.3) is 0 Å². The predicted molar refractivity (Wildman–Crippen MR) is 82.1 cm³/mol. The molecule has 22 heavy (non-hydrogen) atoms. The molecule has 0 saturated carbocycles. The highest BCUT2D eigenvalue weighted by molar-refractivity contribution is 5.92. The first-order valence-electron chi connectivity index (χ1n) is 7.41. The summed E-state index contributed by atoms with van der Waals surface area (Å²) in [6.07, 6.45) is 3.64. The molecular weight excluding hydrogens is 280 g/mol. The van der Waals surface area contributed by atoms with Gasteiger partial charge in [0, 0.05) is 25.2 Å². The minimum Gasteiger partial charge on any atom is -0.478 e. The fourth-order valence-corrected chi connectivity index (χ4v) is 2.99. The zero-order chi connectivity index (χ0) is 15.5. The number of piperidine rings is 1. The van der Waals surface area contributed by atoms with Gasteiger partial charge in [-0.25, -0.2) is 4.79 Å². The topological polar surface area (TPSA) is 73.4 Å². The number of likely N-dealkylation sites (tertiary alicyclic amines) is 1. The highest BCUT2D eigenvalue weighted by Crippen LogP contribution is 2.28. The van der Waals surface area contributed by atoms with Gasteiger partial charge in [0.1, 0.15) is 5.69 Å². The molecule has 0 aliphatic carbocycles. The smallest absolute Gasteiger partial charge is 0.335 e. The largest absolute Gasteiger partial charge is 0.478 e. The lowest BCUT2D eigenvalue weighted by molar-refractivity contribution is 0.0686. The Morgan fingerprint density at radius 3 is 2.82 bits per heavy atom. The Kier molecular flexibility index (Phi) is 3.96. The van der Waals surface area contributed by atoms with E-state index in [9.17, 15) is 9.59 Å². The van der Waals surface area contributed by atoms with Crippen molar-refractivity contribution in [2.75, 3.05) is 13.1 Å². The summed E-state index contributed by atoms with van der Waals surface area (Å²) in [7, 11) is 0. The molecule has 1 amide bonds. The maximum absolute atomic E-state index is 12.4. The molecule has 5 nitrogen and oxygen atoms in total. The molecule has 114 valence electrons. The van der Waals surface area contributed by atoms with Gasteiger partial charge in [-0.2, -0.15) is 0 Å². The van der Waals surface area contributed by atoms with E-state index in [-0.39, 0.29) is 11.8 Å². The minimum atomic E-state index is -0.919. The van der Waals surface area contributed by atoms with Crippen molar-refractivity contribution in [1.29, 1.82) is 0 Å². The van der Waals surface area contributed by atoms with Crippen LogP contribution in [0.1, 0.15) is 45.2 Å². The van der Waals surface area contributed by atoms with E-state index in [0.717, 1.165) is 24.9 Å². The molecule has 0 radical (unpaired) electrons. The number of nitrogens with zero attached hydrogens (tertiary/aromatic N) is 1. The second-order valence-electron chi connectivity index (χ2n) is 5.60. The summed E-state index contributed by atoms with van der Waals surface area (Å²) >= 11 is 0. The standard InChI is InChI=1S/C17H18N2O3/c20-16(15-7-2-8-18-15)19-9-3-6-14(11-19)12-4-1-5-13(10-12)17(21)22/h1-2,4-5,7-8,10,14,18H,3,6,9,11H2,(H,21,22)/t14-/m1/s1. The molecule has 1 aliphatic rings. The number of carboxylic acid groups (broad SMARTS) is 1. The van der Waals surface area contributed by atoms with Crippen LogP contribution in [0.3, 0.4) is 0 Å². The number of aromatic nitrogens is 1. The fourth-order valence-electron chi connectivity index (χ4n) is 2.99. The Hall–Kier alpha value is -2.56. The summed E-state index contributed by atoms with van der Waals surface area (Å²) < 4.78 is 0. The quantitative estimate of drug-likeness (QED) is 0.915. The summed E-state index contributed by atoms with van der Waals surface area (Å²) in [4.78, 5) is 28.3. The summed E-state index contributed by atoms with van der Waals surface area (Å²) in [6, 6.07) is 10.6. The van der Waals surface area contributed by atoms with Crippen LogP contribution in [0.4, 0.5) is 0 Å². The van der Waals surface area contributed by atoms with Crippen LogP contribution in [0, 0.1) is 0 Å². The van der Waals surface area contributed by atoms with E-state index >= 15 is 0 Å². The molecule has 2 heterocycles. The number of carbonyl (C=O) groups is 2. The van der Waals surface area contributed by atoms with Crippen LogP contribution in [-0.4, -0.2) is 40.0 Å². The first kappa shape index (κ1) is 14.4. The lowest BCUT2D eigenvalue weighted by Crippen LogP contribution is -2.39. The van der Waals surface area contributed by atoms with Crippen LogP contribution >= 0.6 is 0 Å². The molecule has 3 rings (SSSR count). The van der Waals surface area contributed by atoms with Gasteiger partial charge in [0.2, 0.25) is 0 Å². The van der Waals surface area contributed by atoms with Gasteiger partial charge < -0.3 is 15.0 Å². The van der Waals surface area contributed by atoms with E-state index in [1.54, 1.807) is 30.5 Å². The molecule has 1 aromatic carbocycles. The number of benzene rings is 1. The van der Waals surface area contributed by atoms with Crippen molar-refractivity contribution in [1.82, 2.24) is 9.88 Å². The van der Waals surface area contributed by atoms with E-state index in [1.807, 2.05) is 17.0 Å². The summed E-state index contributed by atoms with van der Waals surface area (Å²) in [6.45, 7) is 1.37. The maximum Gasteiger partial charge on any atom is 0.335 e. The number of H-pyrrole nitrogens is 1. The molecule has 2 aromatic rings. The molecule has 0 bridgehead atoms. The number of hydrogen-bond donors (Lipinski definition) is 2. The average molecular weight is 298 g/mol. The summed E-state index contributed by atoms with van der Waals surface area (Å²) in [5, 5.41) is 9.10. The van der Waals surface area contributed by atoms with Crippen molar-refractivity contribution in [3.05, 3.63) is 59.4 Å². The van der Waals surface area contributed by atoms with Crippen molar-refractivity contribution in [3.8, 4) is 0 Å². The van der Waals surface area contributed by atoms with Crippen LogP contribution < -0.4 is 0 Å². The second kappa shape index (κ2) is 6.05. The van der Waals surface area contributed by atoms with Crippen molar-refractivity contribution in [2.45, 2.75) is 18.8 Å². The van der Waals surface area contributed by atoms with Gasteiger partial charge in [-0.05, 0) is 42.7 Å². The molecule has 1 atom stereocenters. The molecular formula is C17H18N2O3. The van der Waals surface area contributed by atoms with Crippen molar-refractivity contribution in [3.63, 3.8) is 0 Å². The first-order valence-corrected chi connectivity index (χ1v) is 7.41. The van der Waals surface area contributed by atoms with Crippen molar-refractivity contribution < 1.29 is 14.7 Å². The van der Waals surface area contributed by atoms with E-state index in [4.69, 9.17) is 5.11 Å². The van der Waals surface area contributed by atoms with E-state index in [1.165, 1.54) is 0 Å². The second-order valence-corrected chi connectivity index (χ2v) is 5.60. The number of rotatable bonds is 3. The highest BCUT2D eigenvalue weighted by Gasteiger charge is 2.26. The molecule has 1 aromatic heterocycles. The number of aromatic amines is 1. The maximum atomic E-state index is 12.4. The monoisotopic (exact) mass is 298 g/mol. The zero-order valence-electron chi connectivity index (χ0n) is 12.2. The molecule has 2 N–H and O–H groups in total. The summed E-state index contributed by atoms with van der Waals surface area (Å²) in [5.74, 6) is -0.729. The van der Waals surface area contributed by atoms with Gasteiger partial charge in [-0.15, -0.1) is 0 Å². The number of carbonyl (C=O) groups excluding carboxylic acids is 1. The van der Waals surface area contributed by atoms with Gasteiger partial charge in [-0.1, -0.05) is 12.1 Å². The fraction of sp³-hybridized carbons (Fsp3) is 0.294. The van der Waals surface area contributed by atoms with Crippen molar-refractivity contribution >= 4 is 11.9 Å². The third-order valence-electron chi connectivity index (χ3n) is 4.14. The number of aromatic carboxylic acids is 1. The van der Waals surface area contributed by atoms with E-state index in [0.29, 0.717) is 17.8 Å². The number of nitrogens with one attached hydrogen (secondary N) is 1. The first-order chi connectivity index (χ1) is 10.6. The lowest BCUT2D eigenvalue weighted by atomic mass is 9.89. The Morgan fingerprint density at radius 2 is 2.09 bits per heavy atom. The Morgan fingerprint density at radius 1 is 1.23 bits per heavy atom. The SMILES string of the molecule is O=C(O)c1cccc([C@@H]2CCCN(C(=O)c3ccc[nH]3)C2)c1. The number of amides is 1. The zero-order valence-corrected chi connectivity index (χ0v) is 12.2. The number of hydrogen-bond acceptors (Lipinski definition) is 2. The Balaban J connectivity index is 1.77. The Bertz CT molecular complexity index is 679. The van der Waals surface area contributed by atoms with Gasteiger partial charge in [-0.3, -0.25) is 4.79 Å². The molecule has 1 fully saturated rings. The normalized spacial score (nSPS) is 18.2. The van der Waals surface area contributed by atoms with Crippen LogP contribution in [-0.2, 0) is 0 Å². The van der Waals surface area contributed by atoms with Gasteiger partial charge in [0.15, 0.2) is 0 Å². The molecule has 1 saturated heterocycles. The molecule has 5 heteroatoms. The number of carboxylic acids is 1. The lowest BCUT2D eigenvalue weighted by Gasteiger charge is -2.33. The highest BCUT2D eigenvalue weighted by atomic mass is 16.4.